The second kappa shape index (κ2) is 9.21. The maximum absolute atomic E-state index is 5.37. The fourth-order valence-electron chi connectivity index (χ4n) is 0.560. The smallest absolute Gasteiger partial charge is 0.0714 e. The number of halogens is 1. The first-order valence-corrected chi connectivity index (χ1v) is 4.29. The minimum Gasteiger partial charge on any atom is -0.380 e. The Labute approximate surface area is 67.9 Å². The van der Waals surface area contributed by atoms with Crippen molar-refractivity contribution in [2.75, 3.05) is 25.8 Å². The van der Waals surface area contributed by atoms with E-state index in [4.69, 9.17) is 16.3 Å². The molecular formula is C7H16ClNO. The van der Waals surface area contributed by atoms with Gasteiger partial charge in [-0.15, -0.1) is 11.6 Å². The van der Waals surface area contributed by atoms with Crippen LogP contribution in [0.4, 0.5) is 0 Å². The third kappa shape index (κ3) is 8.21. The van der Waals surface area contributed by atoms with Crippen LogP contribution in [0.15, 0.2) is 0 Å². The lowest BCUT2D eigenvalue weighted by Gasteiger charge is -2.01. The largest absolute Gasteiger partial charge is 0.380 e. The van der Waals surface area contributed by atoms with Gasteiger partial charge in [0, 0.05) is 13.2 Å². The Morgan fingerprint density at radius 3 is 2.80 bits per heavy atom. The molecule has 0 aromatic carbocycles. The fraction of sp³-hybridized carbons (Fsp3) is 1.00. The third-order valence-corrected chi connectivity index (χ3v) is 1.35. The van der Waals surface area contributed by atoms with Crippen molar-refractivity contribution in [1.29, 1.82) is 0 Å². The van der Waals surface area contributed by atoms with E-state index in [0.717, 1.165) is 26.2 Å². The minimum atomic E-state index is 0.511. The molecule has 62 valence electrons. The van der Waals surface area contributed by atoms with Gasteiger partial charge in [0.05, 0.1) is 12.6 Å². The van der Waals surface area contributed by atoms with Crippen molar-refractivity contribution in [1.82, 2.24) is 5.32 Å². The summed E-state index contributed by atoms with van der Waals surface area (Å²) >= 11 is 5.37. The maximum Gasteiger partial charge on any atom is 0.0714 e. The standard InChI is InChI=1S/C7H16ClNO/c1-2-3-5-10-6-4-9-7-8/h9H,2-7H2,1H3. The van der Waals surface area contributed by atoms with E-state index in [1.54, 1.807) is 0 Å². The van der Waals surface area contributed by atoms with Gasteiger partial charge in [0.25, 0.3) is 0 Å². The Balaban J connectivity index is 2.65. The first kappa shape index (κ1) is 10.2. The Kier molecular flexibility index (Phi) is 9.40. The molecule has 0 amide bonds. The summed E-state index contributed by atoms with van der Waals surface area (Å²) in [4.78, 5) is 0. The molecule has 0 heterocycles. The number of alkyl halides is 1. The number of nitrogens with one attached hydrogen (secondary N) is 1. The zero-order valence-corrected chi connectivity index (χ0v) is 7.28. The molecule has 0 saturated carbocycles. The van der Waals surface area contributed by atoms with Gasteiger partial charge in [0.2, 0.25) is 0 Å². The zero-order chi connectivity index (χ0) is 7.66. The van der Waals surface area contributed by atoms with E-state index in [1.165, 1.54) is 6.42 Å². The van der Waals surface area contributed by atoms with E-state index in [0.29, 0.717) is 6.00 Å². The van der Waals surface area contributed by atoms with E-state index in [2.05, 4.69) is 12.2 Å². The first-order chi connectivity index (χ1) is 4.91. The van der Waals surface area contributed by atoms with Gasteiger partial charge < -0.3 is 10.1 Å². The van der Waals surface area contributed by atoms with Gasteiger partial charge in [-0.25, -0.2) is 0 Å². The molecule has 0 bridgehead atoms. The summed E-state index contributed by atoms with van der Waals surface area (Å²) in [6.45, 7) is 4.65. The van der Waals surface area contributed by atoms with Crippen molar-refractivity contribution in [3.8, 4) is 0 Å². The van der Waals surface area contributed by atoms with Crippen molar-refractivity contribution >= 4 is 11.6 Å². The summed E-state index contributed by atoms with van der Waals surface area (Å²) in [6.07, 6.45) is 2.35. The molecule has 0 radical (unpaired) electrons. The summed E-state index contributed by atoms with van der Waals surface area (Å²) in [7, 11) is 0. The van der Waals surface area contributed by atoms with Crippen LogP contribution in [0.25, 0.3) is 0 Å². The molecule has 0 aromatic heterocycles. The second-order valence-electron chi connectivity index (χ2n) is 2.10. The normalized spacial score (nSPS) is 10.2. The third-order valence-electron chi connectivity index (χ3n) is 1.16. The molecule has 0 unspecified atom stereocenters. The summed E-state index contributed by atoms with van der Waals surface area (Å²) in [6, 6.07) is 0.511. The number of unbranched alkanes of at least 4 members (excludes halogenated alkanes) is 1. The average Bonchev–Trinajstić information content (AvgIpc) is 1.97. The summed E-state index contributed by atoms with van der Waals surface area (Å²) in [5, 5.41) is 2.97. The zero-order valence-electron chi connectivity index (χ0n) is 6.53. The topological polar surface area (TPSA) is 21.3 Å². The molecule has 0 spiro atoms. The predicted molar refractivity (Wildman–Crippen MR) is 44.4 cm³/mol. The highest BCUT2D eigenvalue weighted by Gasteiger charge is 1.85. The van der Waals surface area contributed by atoms with Gasteiger partial charge in [-0.1, -0.05) is 13.3 Å². The van der Waals surface area contributed by atoms with Gasteiger partial charge in [0.15, 0.2) is 0 Å². The molecule has 3 heteroatoms. The molecule has 0 aliphatic rings. The summed E-state index contributed by atoms with van der Waals surface area (Å²) < 4.78 is 5.25. The molecule has 0 saturated heterocycles. The second-order valence-corrected chi connectivity index (χ2v) is 2.37. The summed E-state index contributed by atoms with van der Waals surface area (Å²) in [5.74, 6) is 0. The Morgan fingerprint density at radius 1 is 1.40 bits per heavy atom. The van der Waals surface area contributed by atoms with Crippen LogP contribution in [0.3, 0.4) is 0 Å². The SMILES string of the molecule is CCCCOCCNCCl. The van der Waals surface area contributed by atoms with Crippen LogP contribution in [-0.2, 0) is 4.74 Å². The van der Waals surface area contributed by atoms with Gasteiger partial charge in [-0.2, -0.15) is 0 Å². The van der Waals surface area contributed by atoms with Crippen molar-refractivity contribution in [3.63, 3.8) is 0 Å². The molecule has 0 aliphatic heterocycles. The van der Waals surface area contributed by atoms with Gasteiger partial charge in [-0.3, -0.25) is 0 Å². The molecule has 0 fully saturated rings. The van der Waals surface area contributed by atoms with Crippen LogP contribution in [0.2, 0.25) is 0 Å². The van der Waals surface area contributed by atoms with Crippen molar-refractivity contribution in [3.05, 3.63) is 0 Å². The Hall–Kier alpha value is 0.210. The monoisotopic (exact) mass is 165 g/mol. The lowest BCUT2D eigenvalue weighted by Crippen LogP contribution is -2.17. The highest BCUT2D eigenvalue weighted by atomic mass is 35.5. The van der Waals surface area contributed by atoms with Crippen molar-refractivity contribution in [2.45, 2.75) is 19.8 Å². The number of rotatable bonds is 7. The number of hydrogen-bond acceptors (Lipinski definition) is 2. The molecule has 1 N–H and O–H groups in total. The average molecular weight is 166 g/mol. The van der Waals surface area contributed by atoms with Crippen LogP contribution in [-0.4, -0.2) is 25.8 Å². The van der Waals surface area contributed by atoms with Gasteiger partial charge in [0.1, 0.15) is 0 Å². The molecule has 0 atom stereocenters. The highest BCUT2D eigenvalue weighted by molar-refractivity contribution is 6.17. The fourth-order valence-corrected chi connectivity index (χ4v) is 0.693. The van der Waals surface area contributed by atoms with Crippen LogP contribution >= 0.6 is 11.6 Å². The van der Waals surface area contributed by atoms with Crippen LogP contribution in [0, 0.1) is 0 Å². The van der Waals surface area contributed by atoms with E-state index in [-0.39, 0.29) is 0 Å². The quantitative estimate of drug-likeness (QED) is 0.352. The highest BCUT2D eigenvalue weighted by Crippen LogP contribution is 1.86. The van der Waals surface area contributed by atoms with Crippen molar-refractivity contribution < 1.29 is 4.74 Å². The minimum absolute atomic E-state index is 0.511. The molecule has 0 rings (SSSR count). The molecule has 0 aliphatic carbocycles. The molecule has 2 nitrogen and oxygen atoms in total. The molecule has 10 heavy (non-hydrogen) atoms. The van der Waals surface area contributed by atoms with Gasteiger partial charge in [-0.05, 0) is 6.42 Å². The lowest BCUT2D eigenvalue weighted by molar-refractivity contribution is 0.134. The first-order valence-electron chi connectivity index (χ1n) is 3.76. The van der Waals surface area contributed by atoms with E-state index in [9.17, 15) is 0 Å². The van der Waals surface area contributed by atoms with Crippen molar-refractivity contribution in [2.24, 2.45) is 0 Å². The van der Waals surface area contributed by atoms with Crippen LogP contribution in [0.1, 0.15) is 19.8 Å². The molecule has 0 aromatic rings. The predicted octanol–water partition coefficient (Wildman–Crippen LogP) is 1.59. The van der Waals surface area contributed by atoms with E-state index >= 15 is 0 Å². The van der Waals surface area contributed by atoms with E-state index in [1.807, 2.05) is 0 Å². The lowest BCUT2D eigenvalue weighted by atomic mass is 10.4. The Bertz CT molecular complexity index is 53.6. The Morgan fingerprint density at radius 2 is 2.20 bits per heavy atom. The summed E-state index contributed by atoms with van der Waals surface area (Å²) in [5.41, 5.74) is 0. The number of ether oxygens (including phenoxy) is 1. The molecular weight excluding hydrogens is 150 g/mol. The maximum atomic E-state index is 5.37. The van der Waals surface area contributed by atoms with Gasteiger partial charge >= 0.3 is 0 Å². The number of hydrogen-bond donors (Lipinski definition) is 1. The van der Waals surface area contributed by atoms with Crippen LogP contribution < -0.4 is 5.32 Å². The van der Waals surface area contributed by atoms with Crippen LogP contribution in [0.5, 0.6) is 0 Å². The van der Waals surface area contributed by atoms with E-state index < -0.39 is 0 Å².